The first-order valence-electron chi connectivity index (χ1n) is 6.92. The molecule has 3 nitrogen and oxygen atoms in total. The van der Waals surface area contributed by atoms with Crippen LogP contribution in [0.4, 0.5) is 0 Å². The van der Waals surface area contributed by atoms with Crippen molar-refractivity contribution < 1.29 is 9.47 Å². The van der Waals surface area contributed by atoms with Gasteiger partial charge in [0.15, 0.2) is 5.88 Å². The van der Waals surface area contributed by atoms with E-state index in [1.54, 1.807) is 0 Å². The molecule has 3 aromatic rings. The molecule has 0 aliphatic carbocycles. The molecule has 0 saturated carbocycles. The third kappa shape index (κ3) is 3.89. The smallest absolute Gasteiger partial charge is 0.194 e. The van der Waals surface area contributed by atoms with Gasteiger partial charge in [-0.05, 0) is 11.1 Å². The highest BCUT2D eigenvalue weighted by molar-refractivity contribution is 5.28. The van der Waals surface area contributed by atoms with Crippen molar-refractivity contribution in [2.75, 3.05) is 0 Å². The Balaban J connectivity index is 1.52. The highest BCUT2D eigenvalue weighted by Gasteiger charge is 2.02. The molecular formula is C18H17NO2. The summed E-state index contributed by atoms with van der Waals surface area (Å²) in [7, 11) is 0. The van der Waals surface area contributed by atoms with Gasteiger partial charge >= 0.3 is 0 Å². The summed E-state index contributed by atoms with van der Waals surface area (Å²) >= 11 is 0. The Bertz CT molecular complexity index is 604. The topological polar surface area (TPSA) is 34.2 Å². The molecule has 1 N–H and O–H groups in total. The Morgan fingerprint density at radius 2 is 1.29 bits per heavy atom. The minimum absolute atomic E-state index is 0.541. The number of hydrogen-bond acceptors (Lipinski definition) is 2. The van der Waals surface area contributed by atoms with Gasteiger partial charge in [-0.2, -0.15) is 0 Å². The molecule has 0 amide bonds. The zero-order valence-corrected chi connectivity index (χ0v) is 11.7. The first-order valence-corrected chi connectivity index (χ1v) is 6.92. The van der Waals surface area contributed by atoms with Crippen LogP contribution in [-0.2, 0) is 13.2 Å². The fourth-order valence-corrected chi connectivity index (χ4v) is 2.00. The number of hydrogen-bond donors (Lipinski definition) is 1. The van der Waals surface area contributed by atoms with E-state index in [4.69, 9.17) is 9.47 Å². The van der Waals surface area contributed by atoms with Crippen LogP contribution in [0.1, 0.15) is 11.1 Å². The molecule has 3 heteroatoms. The summed E-state index contributed by atoms with van der Waals surface area (Å²) in [6, 6.07) is 22.0. The first kappa shape index (κ1) is 13.3. The first-order chi connectivity index (χ1) is 10.4. The average molecular weight is 279 g/mol. The number of benzene rings is 2. The lowest BCUT2D eigenvalue weighted by atomic mass is 10.2. The molecule has 0 saturated heterocycles. The summed E-state index contributed by atoms with van der Waals surface area (Å²) in [4.78, 5) is 3.07. The van der Waals surface area contributed by atoms with Gasteiger partial charge in [0.2, 0.25) is 0 Å². The van der Waals surface area contributed by atoms with Gasteiger partial charge in [0.1, 0.15) is 19.0 Å². The predicted octanol–water partition coefficient (Wildman–Crippen LogP) is 4.17. The lowest BCUT2D eigenvalue weighted by Crippen LogP contribution is -1.95. The maximum Gasteiger partial charge on any atom is 0.194 e. The molecule has 0 aliphatic heterocycles. The Morgan fingerprint density at radius 1 is 0.714 bits per heavy atom. The molecule has 0 aliphatic rings. The molecule has 21 heavy (non-hydrogen) atoms. The van der Waals surface area contributed by atoms with Gasteiger partial charge in [0.25, 0.3) is 0 Å². The highest BCUT2D eigenvalue weighted by Crippen LogP contribution is 2.20. The van der Waals surface area contributed by atoms with Gasteiger partial charge in [0.05, 0.1) is 0 Å². The summed E-state index contributed by atoms with van der Waals surface area (Å²) in [6.45, 7) is 1.09. The molecule has 0 fully saturated rings. The number of ether oxygens (including phenoxy) is 2. The van der Waals surface area contributed by atoms with Crippen LogP contribution in [0.3, 0.4) is 0 Å². The normalized spacial score (nSPS) is 10.3. The van der Waals surface area contributed by atoms with Crippen molar-refractivity contribution in [1.82, 2.24) is 4.98 Å². The van der Waals surface area contributed by atoms with Crippen molar-refractivity contribution in [3.8, 4) is 11.6 Å². The van der Waals surface area contributed by atoms with Gasteiger partial charge in [-0.15, -0.1) is 0 Å². The molecule has 0 bridgehead atoms. The molecule has 0 radical (unpaired) electrons. The van der Waals surface area contributed by atoms with Gasteiger partial charge in [0, 0.05) is 12.3 Å². The standard InChI is InChI=1S/C18H17NO2/c1-3-7-15(8-4-1)13-20-17-11-18(19-12-17)21-14-16-9-5-2-6-10-16/h1-12,19H,13-14H2. The van der Waals surface area contributed by atoms with Gasteiger partial charge < -0.3 is 14.5 Å². The fraction of sp³-hybridized carbons (Fsp3) is 0.111. The Hall–Kier alpha value is -2.68. The van der Waals surface area contributed by atoms with Crippen LogP contribution >= 0.6 is 0 Å². The lowest BCUT2D eigenvalue weighted by Gasteiger charge is -2.04. The van der Waals surface area contributed by atoms with Crippen molar-refractivity contribution in [3.05, 3.63) is 84.1 Å². The molecule has 1 aromatic heterocycles. The van der Waals surface area contributed by atoms with Crippen LogP contribution in [0, 0.1) is 0 Å². The van der Waals surface area contributed by atoms with Crippen LogP contribution in [0.25, 0.3) is 0 Å². The summed E-state index contributed by atoms with van der Waals surface area (Å²) in [5, 5.41) is 0. The summed E-state index contributed by atoms with van der Waals surface area (Å²) in [5.74, 6) is 1.49. The van der Waals surface area contributed by atoms with Crippen molar-refractivity contribution >= 4 is 0 Å². The van der Waals surface area contributed by atoms with E-state index in [1.165, 1.54) is 0 Å². The SMILES string of the molecule is c1ccc(COc2c[nH]c(OCc3ccccc3)c2)cc1. The van der Waals surface area contributed by atoms with Crippen LogP contribution in [0.2, 0.25) is 0 Å². The van der Waals surface area contributed by atoms with Gasteiger partial charge in [-0.3, -0.25) is 0 Å². The van der Waals surface area contributed by atoms with Gasteiger partial charge in [-0.25, -0.2) is 0 Å². The van der Waals surface area contributed by atoms with E-state index < -0.39 is 0 Å². The van der Waals surface area contributed by atoms with Crippen LogP contribution in [0.5, 0.6) is 11.6 Å². The second kappa shape index (κ2) is 6.66. The van der Waals surface area contributed by atoms with Crippen molar-refractivity contribution in [3.63, 3.8) is 0 Å². The fourth-order valence-electron chi connectivity index (χ4n) is 2.00. The average Bonchev–Trinajstić information content (AvgIpc) is 3.01. The summed E-state index contributed by atoms with van der Waals surface area (Å²) < 4.78 is 11.4. The number of aromatic amines is 1. The summed E-state index contributed by atoms with van der Waals surface area (Å²) in [5.41, 5.74) is 2.28. The van der Waals surface area contributed by atoms with E-state index >= 15 is 0 Å². The van der Waals surface area contributed by atoms with Crippen molar-refractivity contribution in [2.45, 2.75) is 13.2 Å². The highest BCUT2D eigenvalue weighted by atomic mass is 16.5. The molecule has 1 heterocycles. The van der Waals surface area contributed by atoms with Crippen LogP contribution in [-0.4, -0.2) is 4.98 Å². The van der Waals surface area contributed by atoms with Gasteiger partial charge in [-0.1, -0.05) is 60.7 Å². The predicted molar refractivity (Wildman–Crippen MR) is 82.3 cm³/mol. The summed E-state index contributed by atoms with van der Waals surface area (Å²) in [6.07, 6.45) is 1.81. The number of nitrogens with one attached hydrogen (secondary N) is 1. The number of aromatic nitrogens is 1. The lowest BCUT2D eigenvalue weighted by molar-refractivity contribution is 0.291. The minimum Gasteiger partial charge on any atom is -0.487 e. The van der Waals surface area contributed by atoms with E-state index in [0.29, 0.717) is 19.1 Å². The number of rotatable bonds is 6. The molecule has 0 spiro atoms. The molecule has 106 valence electrons. The maximum atomic E-state index is 5.71. The Labute approximate surface area is 124 Å². The largest absolute Gasteiger partial charge is 0.487 e. The van der Waals surface area contributed by atoms with E-state index in [0.717, 1.165) is 16.9 Å². The molecular weight excluding hydrogens is 262 g/mol. The molecule has 3 rings (SSSR count). The van der Waals surface area contributed by atoms with E-state index in [2.05, 4.69) is 4.98 Å². The third-order valence-corrected chi connectivity index (χ3v) is 3.12. The Morgan fingerprint density at radius 3 is 1.90 bits per heavy atom. The zero-order valence-electron chi connectivity index (χ0n) is 11.7. The number of H-pyrrole nitrogens is 1. The van der Waals surface area contributed by atoms with Crippen molar-refractivity contribution in [2.24, 2.45) is 0 Å². The molecule has 2 aromatic carbocycles. The Kier molecular flexibility index (Phi) is 4.22. The van der Waals surface area contributed by atoms with E-state index in [-0.39, 0.29) is 0 Å². The van der Waals surface area contributed by atoms with Crippen LogP contribution in [0.15, 0.2) is 72.9 Å². The second-order valence-corrected chi connectivity index (χ2v) is 4.75. The maximum absolute atomic E-state index is 5.71. The molecule has 0 atom stereocenters. The minimum atomic E-state index is 0.541. The second-order valence-electron chi connectivity index (χ2n) is 4.75. The zero-order chi connectivity index (χ0) is 14.3. The quantitative estimate of drug-likeness (QED) is 0.734. The molecule has 0 unspecified atom stereocenters. The van der Waals surface area contributed by atoms with Crippen molar-refractivity contribution in [1.29, 1.82) is 0 Å². The van der Waals surface area contributed by atoms with E-state index in [9.17, 15) is 0 Å². The third-order valence-electron chi connectivity index (χ3n) is 3.12. The monoisotopic (exact) mass is 279 g/mol. The van der Waals surface area contributed by atoms with Crippen LogP contribution < -0.4 is 9.47 Å². The van der Waals surface area contributed by atoms with E-state index in [1.807, 2.05) is 72.9 Å².